The fraction of sp³-hybridized carbons (Fsp3) is 0.350. The topological polar surface area (TPSA) is 98.7 Å². The average molecular weight is 404 g/mol. The number of aliphatic hydroxyl groups is 1. The van der Waals surface area contributed by atoms with Crippen molar-refractivity contribution >= 4 is 33.0 Å². The number of nitrogens with zero attached hydrogens (tertiary/aromatic N) is 1. The van der Waals surface area contributed by atoms with Gasteiger partial charge in [0.2, 0.25) is 15.9 Å². The highest BCUT2D eigenvalue weighted by molar-refractivity contribution is 7.93. The average Bonchev–Trinajstić information content (AvgIpc) is 2.69. The van der Waals surface area contributed by atoms with Gasteiger partial charge < -0.3 is 15.3 Å². The van der Waals surface area contributed by atoms with Crippen molar-refractivity contribution in [2.45, 2.75) is 25.9 Å². The molecule has 0 atom stereocenters. The lowest BCUT2D eigenvalue weighted by Gasteiger charge is -2.28. The maximum Gasteiger partial charge on any atom is 0.241 e. The molecule has 0 bridgehead atoms. The number of carbonyl (C=O) groups is 1. The van der Waals surface area contributed by atoms with Crippen molar-refractivity contribution in [2.24, 2.45) is 0 Å². The molecule has 1 aliphatic heterocycles. The summed E-state index contributed by atoms with van der Waals surface area (Å²) in [6.07, 6.45) is 3.59. The van der Waals surface area contributed by atoms with Crippen LogP contribution in [-0.4, -0.2) is 38.3 Å². The molecule has 0 saturated carbocycles. The van der Waals surface area contributed by atoms with Gasteiger partial charge in [-0.2, -0.15) is 0 Å². The third-order valence-corrected chi connectivity index (χ3v) is 5.83. The summed E-state index contributed by atoms with van der Waals surface area (Å²) in [7, 11) is -3.85. The molecule has 0 aliphatic carbocycles. The Labute approximate surface area is 165 Å². The third-order valence-electron chi connectivity index (χ3n) is 4.64. The van der Waals surface area contributed by atoms with Crippen LogP contribution >= 0.6 is 0 Å². The smallest absolute Gasteiger partial charge is 0.241 e. The van der Waals surface area contributed by atoms with Crippen LogP contribution in [0.15, 0.2) is 48.5 Å². The fourth-order valence-corrected chi connectivity index (χ4v) is 4.23. The van der Waals surface area contributed by atoms with Gasteiger partial charge in [0.15, 0.2) is 0 Å². The van der Waals surface area contributed by atoms with E-state index in [2.05, 4.69) is 14.9 Å². The maximum absolute atomic E-state index is 12.3. The Hall–Kier alpha value is -2.58. The van der Waals surface area contributed by atoms with E-state index >= 15 is 0 Å². The summed E-state index contributed by atoms with van der Waals surface area (Å²) >= 11 is 0. The molecule has 0 radical (unpaired) electrons. The lowest BCUT2D eigenvalue weighted by atomic mass is 10.1. The summed E-state index contributed by atoms with van der Waals surface area (Å²) in [4.78, 5) is 14.4. The summed E-state index contributed by atoms with van der Waals surface area (Å²) in [6.45, 7) is 1.78. The van der Waals surface area contributed by atoms with Gasteiger partial charge in [0.25, 0.3) is 0 Å². The second kappa shape index (κ2) is 9.07. The molecule has 8 heteroatoms. The van der Waals surface area contributed by atoms with Crippen molar-refractivity contribution in [3.05, 3.63) is 54.1 Å². The van der Waals surface area contributed by atoms with Crippen molar-refractivity contribution in [1.82, 2.24) is 0 Å². The first-order chi connectivity index (χ1) is 13.5. The normalized spacial score (nSPS) is 14.5. The first-order valence-corrected chi connectivity index (χ1v) is 11.0. The Balaban J connectivity index is 1.59. The van der Waals surface area contributed by atoms with E-state index in [1.165, 1.54) is 19.3 Å². The Morgan fingerprint density at radius 1 is 1.00 bits per heavy atom. The minimum Gasteiger partial charge on any atom is -0.392 e. The van der Waals surface area contributed by atoms with E-state index in [9.17, 15) is 18.3 Å². The van der Waals surface area contributed by atoms with Crippen LogP contribution < -0.4 is 14.9 Å². The Morgan fingerprint density at radius 3 is 2.36 bits per heavy atom. The van der Waals surface area contributed by atoms with Gasteiger partial charge in [-0.1, -0.05) is 18.2 Å². The summed E-state index contributed by atoms with van der Waals surface area (Å²) in [6, 6.07) is 13.9. The summed E-state index contributed by atoms with van der Waals surface area (Å²) in [5.41, 5.74) is 2.41. The van der Waals surface area contributed by atoms with Crippen LogP contribution in [0, 0.1) is 0 Å². The zero-order valence-corrected chi connectivity index (χ0v) is 16.4. The van der Waals surface area contributed by atoms with Crippen LogP contribution in [0.4, 0.5) is 17.1 Å². The van der Waals surface area contributed by atoms with Crippen LogP contribution in [-0.2, 0) is 21.4 Å². The van der Waals surface area contributed by atoms with Crippen molar-refractivity contribution in [3.63, 3.8) is 0 Å². The Bertz CT molecular complexity index is 907. The molecule has 1 fully saturated rings. The number of hydrogen-bond acceptors (Lipinski definition) is 5. The van der Waals surface area contributed by atoms with Crippen molar-refractivity contribution < 1.29 is 18.3 Å². The van der Waals surface area contributed by atoms with Gasteiger partial charge in [0.05, 0.1) is 6.61 Å². The quantitative estimate of drug-likeness (QED) is 0.660. The zero-order valence-electron chi connectivity index (χ0n) is 15.6. The molecule has 1 saturated heterocycles. The first kappa shape index (κ1) is 20.2. The number of anilines is 3. The number of sulfonamides is 1. The molecule has 1 aliphatic rings. The Kier molecular flexibility index (Phi) is 6.53. The van der Waals surface area contributed by atoms with Gasteiger partial charge in [0, 0.05) is 35.7 Å². The first-order valence-electron chi connectivity index (χ1n) is 9.31. The number of nitrogens with one attached hydrogen (secondary N) is 2. The highest BCUT2D eigenvalue weighted by Crippen LogP contribution is 2.22. The standard InChI is InChI=1S/C20H25N3O4S/c24-14-16-6-2-3-7-19(16)21-20(25)15-28(26,27)22-17-8-10-18(11-9-17)23-12-4-1-5-13-23/h2-3,6-11,22,24H,1,4-5,12-15H2,(H,21,25). The predicted molar refractivity (Wildman–Crippen MR) is 111 cm³/mol. The molecule has 0 unspecified atom stereocenters. The molecule has 7 nitrogen and oxygen atoms in total. The molecule has 0 aromatic heterocycles. The van der Waals surface area contributed by atoms with Gasteiger partial charge in [-0.25, -0.2) is 8.42 Å². The van der Waals surface area contributed by atoms with E-state index in [-0.39, 0.29) is 6.61 Å². The second-order valence-corrected chi connectivity index (χ2v) is 8.54. The molecule has 28 heavy (non-hydrogen) atoms. The van der Waals surface area contributed by atoms with Gasteiger partial charge in [-0.3, -0.25) is 9.52 Å². The zero-order chi connectivity index (χ0) is 20.0. The number of para-hydroxylation sites is 1. The van der Waals surface area contributed by atoms with E-state index in [0.29, 0.717) is 16.9 Å². The van der Waals surface area contributed by atoms with Crippen molar-refractivity contribution in [3.8, 4) is 0 Å². The molecule has 2 aromatic rings. The molecule has 1 heterocycles. The molecule has 3 N–H and O–H groups in total. The van der Waals surface area contributed by atoms with Gasteiger partial charge >= 0.3 is 0 Å². The summed E-state index contributed by atoms with van der Waals surface area (Å²) in [5, 5.41) is 11.8. The monoisotopic (exact) mass is 403 g/mol. The molecule has 1 amide bonds. The van der Waals surface area contributed by atoms with Gasteiger partial charge in [0.1, 0.15) is 5.75 Å². The minimum absolute atomic E-state index is 0.245. The van der Waals surface area contributed by atoms with E-state index in [0.717, 1.165) is 18.8 Å². The molecule has 2 aromatic carbocycles. The largest absolute Gasteiger partial charge is 0.392 e. The number of carbonyl (C=O) groups excluding carboxylic acids is 1. The van der Waals surface area contributed by atoms with E-state index < -0.39 is 21.7 Å². The minimum atomic E-state index is -3.85. The van der Waals surface area contributed by atoms with E-state index in [4.69, 9.17) is 0 Å². The molecular weight excluding hydrogens is 378 g/mol. The SMILES string of the molecule is O=C(CS(=O)(=O)Nc1ccc(N2CCCCC2)cc1)Nc1ccccc1CO. The van der Waals surface area contributed by atoms with Crippen LogP contribution in [0.1, 0.15) is 24.8 Å². The summed E-state index contributed by atoms with van der Waals surface area (Å²) < 4.78 is 27.1. The van der Waals surface area contributed by atoms with Gasteiger partial charge in [-0.15, -0.1) is 0 Å². The van der Waals surface area contributed by atoms with Crippen LogP contribution in [0.25, 0.3) is 0 Å². The molecule has 0 spiro atoms. The number of aliphatic hydroxyl groups excluding tert-OH is 1. The second-order valence-electron chi connectivity index (χ2n) is 6.82. The fourth-order valence-electron chi connectivity index (χ4n) is 3.25. The summed E-state index contributed by atoms with van der Waals surface area (Å²) in [5.74, 6) is -1.38. The van der Waals surface area contributed by atoms with E-state index in [1.54, 1.807) is 36.4 Å². The number of piperidine rings is 1. The lowest BCUT2D eigenvalue weighted by molar-refractivity contribution is -0.113. The Morgan fingerprint density at radius 2 is 1.68 bits per heavy atom. The molecule has 3 rings (SSSR count). The maximum atomic E-state index is 12.3. The van der Waals surface area contributed by atoms with Crippen molar-refractivity contribution in [1.29, 1.82) is 0 Å². The molecule has 150 valence electrons. The van der Waals surface area contributed by atoms with Crippen LogP contribution in [0.2, 0.25) is 0 Å². The lowest BCUT2D eigenvalue weighted by Crippen LogP contribution is -2.29. The number of benzene rings is 2. The van der Waals surface area contributed by atoms with Crippen molar-refractivity contribution in [2.75, 3.05) is 33.8 Å². The third kappa shape index (κ3) is 5.46. The number of amides is 1. The van der Waals surface area contributed by atoms with E-state index in [1.807, 2.05) is 12.1 Å². The van der Waals surface area contributed by atoms with Crippen LogP contribution in [0.5, 0.6) is 0 Å². The van der Waals surface area contributed by atoms with Crippen LogP contribution in [0.3, 0.4) is 0 Å². The number of hydrogen-bond donors (Lipinski definition) is 3. The highest BCUT2D eigenvalue weighted by atomic mass is 32.2. The predicted octanol–water partition coefficient (Wildman–Crippen LogP) is 2.55. The number of rotatable bonds is 7. The highest BCUT2D eigenvalue weighted by Gasteiger charge is 2.18. The van der Waals surface area contributed by atoms with Gasteiger partial charge in [-0.05, 0) is 49.6 Å². The molecular formula is C20H25N3O4S.